The van der Waals surface area contributed by atoms with E-state index in [0.29, 0.717) is 0 Å². The van der Waals surface area contributed by atoms with E-state index in [1.165, 1.54) is 6.92 Å². The van der Waals surface area contributed by atoms with Crippen molar-refractivity contribution in [3.63, 3.8) is 0 Å². The third kappa shape index (κ3) is 2.16. The number of nitro groups is 1. The summed E-state index contributed by atoms with van der Waals surface area (Å²) in [6.07, 6.45) is 1.05. The van der Waals surface area contributed by atoms with Crippen LogP contribution in [0.4, 0.5) is 5.95 Å². The van der Waals surface area contributed by atoms with Crippen molar-refractivity contribution in [3.05, 3.63) is 28.5 Å². The largest absolute Gasteiger partial charge is 0.435 e. The molecule has 0 aromatic carbocycles. The lowest BCUT2D eigenvalue weighted by atomic mass is 10.4. The summed E-state index contributed by atoms with van der Waals surface area (Å²) in [6, 6.07) is 0. The number of rotatable bonds is 3. The number of esters is 1. The molecule has 0 aliphatic carbocycles. The zero-order valence-corrected chi connectivity index (χ0v) is 7.31. The first-order chi connectivity index (χ1) is 6.50. The summed E-state index contributed by atoms with van der Waals surface area (Å²) in [6.45, 7) is 4.82. The molecule has 0 bridgehead atoms. The highest BCUT2D eigenvalue weighted by Gasteiger charge is 2.15. The number of aromatic nitrogens is 2. The molecule has 0 fully saturated rings. The zero-order chi connectivity index (χ0) is 10.7. The lowest BCUT2D eigenvalue weighted by molar-refractivity contribution is -0.393. The fourth-order valence-electron chi connectivity index (χ4n) is 0.626. The maximum Gasteiger partial charge on any atom is 0.435 e. The van der Waals surface area contributed by atoms with Gasteiger partial charge in [0.2, 0.25) is 0 Å². The van der Waals surface area contributed by atoms with Crippen molar-refractivity contribution in [1.29, 1.82) is 0 Å². The molecule has 1 aromatic rings. The van der Waals surface area contributed by atoms with E-state index in [1.807, 2.05) is 0 Å². The summed E-state index contributed by atoms with van der Waals surface area (Å²) in [7, 11) is 0. The number of imidazole rings is 1. The van der Waals surface area contributed by atoms with Gasteiger partial charge in [0.25, 0.3) is 5.88 Å². The van der Waals surface area contributed by atoms with Gasteiger partial charge in [-0.05, 0) is 11.8 Å². The third-order valence-electron chi connectivity index (χ3n) is 1.26. The quantitative estimate of drug-likeness (QED) is 0.334. The van der Waals surface area contributed by atoms with Crippen molar-refractivity contribution in [3.8, 4) is 5.88 Å². The van der Waals surface area contributed by atoms with Crippen LogP contribution in [0.3, 0.4) is 0 Å². The minimum absolute atomic E-state index is 0.0790. The van der Waals surface area contributed by atoms with Crippen molar-refractivity contribution in [2.75, 3.05) is 0 Å². The van der Waals surface area contributed by atoms with Crippen LogP contribution in [-0.2, 0) is 4.79 Å². The molecule has 0 amide bonds. The predicted molar refractivity (Wildman–Crippen MR) is 45.7 cm³/mol. The van der Waals surface area contributed by atoms with E-state index >= 15 is 0 Å². The lowest BCUT2D eigenvalue weighted by Crippen LogP contribution is -2.08. The molecule has 0 radical (unpaired) electrons. The van der Waals surface area contributed by atoms with E-state index in [-0.39, 0.29) is 11.5 Å². The molecule has 7 nitrogen and oxygen atoms in total. The summed E-state index contributed by atoms with van der Waals surface area (Å²) >= 11 is 0. The molecule has 0 saturated heterocycles. The Labute approximate surface area is 78.6 Å². The Morgan fingerprint density at radius 3 is 2.86 bits per heavy atom. The van der Waals surface area contributed by atoms with Crippen LogP contribution in [0.2, 0.25) is 0 Å². The average molecular weight is 197 g/mol. The van der Waals surface area contributed by atoms with E-state index in [0.717, 1.165) is 6.20 Å². The molecule has 1 heterocycles. The minimum Gasteiger partial charge on any atom is -0.390 e. The Bertz CT molecular complexity index is 395. The first-order valence-electron chi connectivity index (χ1n) is 3.58. The molecule has 74 valence electrons. The number of ether oxygens (including phenoxy) is 1. The molecule has 1 aromatic heterocycles. The van der Waals surface area contributed by atoms with E-state index in [9.17, 15) is 14.9 Å². The second-order valence-electron chi connectivity index (χ2n) is 2.50. The molecule has 14 heavy (non-hydrogen) atoms. The monoisotopic (exact) mass is 197 g/mol. The number of hydrogen-bond donors (Lipinski definition) is 1. The van der Waals surface area contributed by atoms with Crippen LogP contribution in [0, 0.1) is 10.1 Å². The minimum atomic E-state index is -0.724. The standard InChI is InChI=1S/C7H7N3O4/c1-4(2)6(11)14-5-3-8-7(9-5)10(12)13/h3H,1H2,2H3,(H,8,9). The maximum atomic E-state index is 11.0. The summed E-state index contributed by atoms with van der Waals surface area (Å²) in [5, 5.41) is 10.2. The van der Waals surface area contributed by atoms with Gasteiger partial charge >= 0.3 is 11.9 Å². The summed E-state index contributed by atoms with van der Waals surface area (Å²) < 4.78 is 4.65. The Morgan fingerprint density at radius 1 is 1.79 bits per heavy atom. The van der Waals surface area contributed by atoms with Crippen LogP contribution < -0.4 is 4.74 Å². The first-order valence-corrected chi connectivity index (χ1v) is 3.58. The molecule has 1 rings (SSSR count). The molecule has 0 atom stereocenters. The second-order valence-corrected chi connectivity index (χ2v) is 2.50. The van der Waals surface area contributed by atoms with Crippen LogP contribution in [-0.4, -0.2) is 20.9 Å². The summed E-state index contributed by atoms with van der Waals surface area (Å²) in [5.74, 6) is -1.22. The Kier molecular flexibility index (Phi) is 2.61. The summed E-state index contributed by atoms with van der Waals surface area (Å²) in [4.78, 5) is 26.0. The van der Waals surface area contributed by atoms with Crippen molar-refractivity contribution in [1.82, 2.24) is 9.97 Å². The van der Waals surface area contributed by atoms with Crippen molar-refractivity contribution >= 4 is 11.9 Å². The molecule has 0 spiro atoms. The lowest BCUT2D eigenvalue weighted by Gasteiger charge is -1.95. The van der Waals surface area contributed by atoms with Gasteiger partial charge < -0.3 is 14.9 Å². The number of carbonyl (C=O) groups is 1. The van der Waals surface area contributed by atoms with Crippen molar-refractivity contribution < 1.29 is 14.5 Å². The third-order valence-corrected chi connectivity index (χ3v) is 1.26. The Balaban J connectivity index is 2.74. The first kappa shape index (κ1) is 9.90. The molecule has 0 aliphatic rings. The van der Waals surface area contributed by atoms with Gasteiger partial charge in [-0.15, -0.1) is 0 Å². The maximum absolute atomic E-state index is 11.0. The molecule has 0 unspecified atom stereocenters. The van der Waals surface area contributed by atoms with E-state index in [1.54, 1.807) is 0 Å². The molecule has 0 aliphatic heterocycles. The van der Waals surface area contributed by atoms with E-state index in [4.69, 9.17) is 0 Å². The van der Waals surface area contributed by atoms with Gasteiger partial charge in [-0.25, -0.2) is 9.78 Å². The zero-order valence-electron chi connectivity index (χ0n) is 7.31. The molecule has 1 N–H and O–H groups in total. The average Bonchev–Trinajstić information content (AvgIpc) is 2.52. The van der Waals surface area contributed by atoms with Gasteiger partial charge in [0, 0.05) is 5.57 Å². The molecular weight excluding hydrogens is 190 g/mol. The number of aromatic amines is 1. The van der Waals surface area contributed by atoms with Crippen molar-refractivity contribution in [2.24, 2.45) is 0 Å². The SMILES string of the molecule is C=C(C)C(=O)Oc1cnc([N+](=O)[O-])[nH]1. The second kappa shape index (κ2) is 3.69. The van der Waals surface area contributed by atoms with Crippen molar-refractivity contribution in [2.45, 2.75) is 6.92 Å². The number of nitrogens with zero attached hydrogens (tertiary/aromatic N) is 2. The fourth-order valence-corrected chi connectivity index (χ4v) is 0.626. The number of hydrogen-bond acceptors (Lipinski definition) is 5. The Morgan fingerprint density at radius 2 is 2.43 bits per heavy atom. The smallest absolute Gasteiger partial charge is 0.390 e. The normalized spacial score (nSPS) is 9.50. The Hall–Kier alpha value is -2.18. The van der Waals surface area contributed by atoms with Crippen LogP contribution in [0.25, 0.3) is 0 Å². The number of H-pyrrole nitrogens is 1. The molecule has 0 saturated carbocycles. The van der Waals surface area contributed by atoms with E-state index in [2.05, 4.69) is 21.3 Å². The van der Waals surface area contributed by atoms with Crippen LogP contribution in [0.15, 0.2) is 18.3 Å². The van der Waals surface area contributed by atoms with Gasteiger partial charge in [0.15, 0.2) is 6.20 Å². The van der Waals surface area contributed by atoms with Crippen LogP contribution >= 0.6 is 0 Å². The predicted octanol–water partition coefficient (Wildman–Crippen LogP) is 0.799. The van der Waals surface area contributed by atoms with Gasteiger partial charge in [-0.1, -0.05) is 11.6 Å². The highest BCUT2D eigenvalue weighted by atomic mass is 16.6. The van der Waals surface area contributed by atoms with E-state index < -0.39 is 16.8 Å². The highest BCUT2D eigenvalue weighted by molar-refractivity contribution is 5.88. The number of nitrogens with one attached hydrogen (secondary N) is 1. The topological polar surface area (TPSA) is 98.1 Å². The van der Waals surface area contributed by atoms with Gasteiger partial charge in [0.05, 0.1) is 0 Å². The van der Waals surface area contributed by atoms with Crippen LogP contribution in [0.1, 0.15) is 6.92 Å². The van der Waals surface area contributed by atoms with Gasteiger partial charge in [-0.3, -0.25) is 0 Å². The summed E-state index contributed by atoms with van der Waals surface area (Å²) in [5.41, 5.74) is 0.197. The fraction of sp³-hybridized carbons (Fsp3) is 0.143. The van der Waals surface area contributed by atoms with Gasteiger partial charge in [-0.2, -0.15) is 0 Å². The molecular formula is C7H7N3O4. The van der Waals surface area contributed by atoms with Gasteiger partial charge in [0.1, 0.15) is 0 Å². The highest BCUT2D eigenvalue weighted by Crippen LogP contribution is 2.12. The molecule has 7 heteroatoms. The number of carbonyl (C=O) groups excluding carboxylic acids is 1. The van der Waals surface area contributed by atoms with Crippen LogP contribution in [0.5, 0.6) is 5.88 Å².